The number of aliphatic hydroxyl groups excluding tert-OH is 1. The van der Waals surface area contributed by atoms with E-state index >= 15 is 0 Å². The lowest BCUT2D eigenvalue weighted by Gasteiger charge is -2.31. The Morgan fingerprint density at radius 3 is 2.93 bits per heavy atom. The number of Topliss-reactive ketones (excluding diaryl/α,β-unsaturated/α-hetero) is 1. The van der Waals surface area contributed by atoms with Crippen molar-refractivity contribution in [2.24, 2.45) is 5.41 Å². The molecule has 1 aliphatic heterocycles. The van der Waals surface area contributed by atoms with Crippen molar-refractivity contribution in [1.82, 2.24) is 0 Å². The second kappa shape index (κ2) is 3.10. The molecule has 2 rings (SSSR count). The second-order valence-electron chi connectivity index (χ2n) is 3.83. The van der Waals surface area contributed by atoms with Gasteiger partial charge in [0.25, 0.3) is 0 Å². The molecule has 0 aromatic heterocycles. The summed E-state index contributed by atoms with van der Waals surface area (Å²) in [6, 6.07) is 7.12. The monoisotopic (exact) mass is 192 g/mol. The molecule has 14 heavy (non-hydrogen) atoms. The fourth-order valence-electron chi connectivity index (χ4n) is 1.53. The summed E-state index contributed by atoms with van der Waals surface area (Å²) < 4.78 is 5.42. The van der Waals surface area contributed by atoms with Crippen LogP contribution in [-0.4, -0.2) is 24.1 Å². The number of hydrogen-bond donors (Lipinski definition) is 1. The van der Waals surface area contributed by atoms with E-state index in [0.29, 0.717) is 11.3 Å². The molecular weight excluding hydrogens is 180 g/mol. The first-order valence-electron chi connectivity index (χ1n) is 4.55. The van der Waals surface area contributed by atoms with Gasteiger partial charge in [0.1, 0.15) is 12.4 Å². The fourth-order valence-corrected chi connectivity index (χ4v) is 1.53. The van der Waals surface area contributed by atoms with Gasteiger partial charge in [-0.15, -0.1) is 0 Å². The van der Waals surface area contributed by atoms with E-state index in [4.69, 9.17) is 9.84 Å². The van der Waals surface area contributed by atoms with Crippen LogP contribution in [0.5, 0.6) is 5.75 Å². The molecule has 1 heterocycles. The van der Waals surface area contributed by atoms with Gasteiger partial charge in [0.05, 0.1) is 17.6 Å². The van der Waals surface area contributed by atoms with Crippen LogP contribution in [0.3, 0.4) is 0 Å². The van der Waals surface area contributed by atoms with Crippen LogP contribution in [0.25, 0.3) is 0 Å². The lowest BCUT2D eigenvalue weighted by Crippen LogP contribution is -2.41. The molecule has 1 N–H and O–H groups in total. The largest absolute Gasteiger partial charge is 0.492 e. The van der Waals surface area contributed by atoms with E-state index in [0.717, 1.165) is 0 Å². The topological polar surface area (TPSA) is 46.5 Å². The summed E-state index contributed by atoms with van der Waals surface area (Å²) in [4.78, 5) is 11.9. The molecule has 0 fully saturated rings. The number of fused-ring (bicyclic) bond motifs is 1. The van der Waals surface area contributed by atoms with Gasteiger partial charge in [-0.3, -0.25) is 4.79 Å². The van der Waals surface area contributed by atoms with Crippen LogP contribution < -0.4 is 4.74 Å². The van der Waals surface area contributed by atoms with Crippen molar-refractivity contribution in [3.05, 3.63) is 29.8 Å². The Hall–Kier alpha value is -1.35. The summed E-state index contributed by atoms with van der Waals surface area (Å²) in [6.07, 6.45) is 0. The van der Waals surface area contributed by atoms with E-state index in [2.05, 4.69) is 0 Å². The lowest BCUT2D eigenvalue weighted by atomic mass is 9.82. The summed E-state index contributed by atoms with van der Waals surface area (Å²) in [5.74, 6) is 0.574. The van der Waals surface area contributed by atoms with Crippen LogP contribution in [-0.2, 0) is 0 Å². The molecule has 74 valence electrons. The first-order valence-corrected chi connectivity index (χ1v) is 4.55. The van der Waals surface area contributed by atoms with E-state index < -0.39 is 5.41 Å². The molecule has 0 radical (unpaired) electrons. The van der Waals surface area contributed by atoms with E-state index in [1.807, 2.05) is 6.07 Å². The SMILES string of the molecule is CC1(CO)COc2ccccc2C1=O. The van der Waals surface area contributed by atoms with Gasteiger partial charge in [0, 0.05) is 0 Å². The zero-order chi connectivity index (χ0) is 10.2. The van der Waals surface area contributed by atoms with Crippen molar-refractivity contribution in [3.8, 4) is 5.75 Å². The number of benzene rings is 1. The second-order valence-corrected chi connectivity index (χ2v) is 3.83. The van der Waals surface area contributed by atoms with Crippen LogP contribution in [0.2, 0.25) is 0 Å². The predicted octanol–water partition coefficient (Wildman–Crippen LogP) is 1.26. The van der Waals surface area contributed by atoms with Gasteiger partial charge in [-0.1, -0.05) is 12.1 Å². The first kappa shape index (κ1) is 9.21. The Morgan fingerprint density at radius 2 is 2.21 bits per heavy atom. The highest BCUT2D eigenvalue weighted by Crippen LogP contribution is 2.33. The fraction of sp³-hybridized carbons (Fsp3) is 0.364. The van der Waals surface area contributed by atoms with Gasteiger partial charge in [-0.05, 0) is 19.1 Å². The number of carbonyl (C=O) groups is 1. The smallest absolute Gasteiger partial charge is 0.178 e. The summed E-state index contributed by atoms with van der Waals surface area (Å²) >= 11 is 0. The van der Waals surface area contributed by atoms with Crippen molar-refractivity contribution < 1.29 is 14.6 Å². The van der Waals surface area contributed by atoms with Gasteiger partial charge < -0.3 is 9.84 Å². The van der Waals surface area contributed by atoms with E-state index in [1.54, 1.807) is 25.1 Å². The lowest BCUT2D eigenvalue weighted by molar-refractivity contribution is 0.0454. The number of ketones is 1. The Morgan fingerprint density at radius 1 is 1.50 bits per heavy atom. The molecule has 1 atom stereocenters. The number of carbonyl (C=O) groups excluding carboxylic acids is 1. The maximum atomic E-state index is 11.9. The highest BCUT2D eigenvalue weighted by molar-refractivity contribution is 6.03. The molecule has 1 aliphatic rings. The Labute approximate surface area is 82.3 Å². The molecule has 0 spiro atoms. The zero-order valence-electron chi connectivity index (χ0n) is 7.99. The van der Waals surface area contributed by atoms with Crippen molar-refractivity contribution >= 4 is 5.78 Å². The third kappa shape index (κ3) is 1.21. The van der Waals surface area contributed by atoms with Gasteiger partial charge >= 0.3 is 0 Å². The Bertz CT molecular complexity index is 373. The van der Waals surface area contributed by atoms with Gasteiger partial charge in [-0.25, -0.2) is 0 Å². The minimum atomic E-state index is -0.783. The standard InChI is InChI=1S/C11H12O3/c1-11(6-12)7-14-9-5-3-2-4-8(9)10(11)13/h2-5,12H,6-7H2,1H3. The first-order chi connectivity index (χ1) is 6.67. The summed E-state index contributed by atoms with van der Waals surface area (Å²) in [5.41, 5.74) is -0.218. The molecule has 3 heteroatoms. The molecule has 0 bridgehead atoms. The quantitative estimate of drug-likeness (QED) is 0.728. The van der Waals surface area contributed by atoms with E-state index in [-0.39, 0.29) is 19.0 Å². The third-order valence-corrected chi connectivity index (χ3v) is 2.58. The minimum Gasteiger partial charge on any atom is -0.492 e. The molecular formula is C11H12O3. The molecule has 3 nitrogen and oxygen atoms in total. The maximum absolute atomic E-state index is 11.9. The number of ether oxygens (including phenoxy) is 1. The predicted molar refractivity (Wildman–Crippen MR) is 51.5 cm³/mol. The van der Waals surface area contributed by atoms with Crippen LogP contribution >= 0.6 is 0 Å². The molecule has 1 aromatic carbocycles. The zero-order valence-corrected chi connectivity index (χ0v) is 7.99. The number of para-hydroxylation sites is 1. The highest BCUT2D eigenvalue weighted by Gasteiger charge is 2.39. The number of aliphatic hydroxyl groups is 1. The average Bonchev–Trinajstić information content (AvgIpc) is 2.24. The molecule has 0 aliphatic carbocycles. The summed E-state index contributed by atoms with van der Waals surface area (Å²) in [6.45, 7) is 1.78. The van der Waals surface area contributed by atoms with Crippen molar-refractivity contribution in [3.63, 3.8) is 0 Å². The maximum Gasteiger partial charge on any atom is 0.178 e. The van der Waals surface area contributed by atoms with Gasteiger partial charge in [-0.2, -0.15) is 0 Å². The van der Waals surface area contributed by atoms with Crippen LogP contribution in [0, 0.1) is 5.41 Å². The molecule has 0 saturated carbocycles. The van der Waals surface area contributed by atoms with Gasteiger partial charge in [0.2, 0.25) is 0 Å². The number of hydrogen-bond acceptors (Lipinski definition) is 3. The van der Waals surface area contributed by atoms with Crippen LogP contribution in [0.4, 0.5) is 0 Å². The Balaban J connectivity index is 2.46. The van der Waals surface area contributed by atoms with Gasteiger partial charge in [0.15, 0.2) is 5.78 Å². The van der Waals surface area contributed by atoms with Crippen LogP contribution in [0.15, 0.2) is 24.3 Å². The van der Waals surface area contributed by atoms with E-state index in [9.17, 15) is 4.79 Å². The highest BCUT2D eigenvalue weighted by atomic mass is 16.5. The van der Waals surface area contributed by atoms with Crippen molar-refractivity contribution in [2.75, 3.05) is 13.2 Å². The van der Waals surface area contributed by atoms with Crippen molar-refractivity contribution in [1.29, 1.82) is 0 Å². The molecule has 0 amide bonds. The third-order valence-electron chi connectivity index (χ3n) is 2.58. The summed E-state index contributed by atoms with van der Waals surface area (Å²) in [7, 11) is 0. The summed E-state index contributed by atoms with van der Waals surface area (Å²) in [5, 5.41) is 9.15. The van der Waals surface area contributed by atoms with Crippen molar-refractivity contribution in [2.45, 2.75) is 6.92 Å². The normalized spacial score (nSPS) is 25.4. The molecule has 0 saturated heterocycles. The van der Waals surface area contributed by atoms with Crippen LogP contribution in [0.1, 0.15) is 17.3 Å². The molecule has 1 unspecified atom stereocenters. The number of rotatable bonds is 1. The average molecular weight is 192 g/mol. The minimum absolute atomic E-state index is 0.0400. The molecule has 1 aromatic rings. The Kier molecular flexibility index (Phi) is 2.04. The van der Waals surface area contributed by atoms with E-state index in [1.165, 1.54) is 0 Å².